The number of likely N-dealkylation sites (tertiary alicyclic amines) is 1. The van der Waals surface area contributed by atoms with Crippen molar-refractivity contribution >= 4 is 18.1 Å². The number of amides is 3. The molecule has 150 valence electrons. The molecule has 1 saturated heterocycles. The maximum Gasteiger partial charge on any atom is 0.408 e. The summed E-state index contributed by atoms with van der Waals surface area (Å²) in [5.74, 6) is -0.230. The molecule has 0 aliphatic carbocycles. The smallest absolute Gasteiger partial charge is 0.408 e. The second-order valence-electron chi connectivity index (χ2n) is 8.47. The summed E-state index contributed by atoms with van der Waals surface area (Å²) in [6.45, 7) is 11.7. The molecule has 26 heavy (non-hydrogen) atoms. The molecule has 0 aromatic rings. The van der Waals surface area contributed by atoms with E-state index >= 15 is 0 Å². The number of nitrogens with one attached hydrogen (secondary N) is 2. The zero-order valence-corrected chi connectivity index (χ0v) is 16.8. The Morgan fingerprint density at radius 1 is 0.885 bits per heavy atom. The minimum atomic E-state index is -0.907. The number of carbonyl (C=O) groups is 3. The predicted molar refractivity (Wildman–Crippen MR) is 97.8 cm³/mol. The van der Waals surface area contributed by atoms with E-state index in [2.05, 4.69) is 10.6 Å². The summed E-state index contributed by atoms with van der Waals surface area (Å²) in [6, 6.07) is -0.907. The number of hydrogen-bond acceptors (Lipinski definition) is 5. The van der Waals surface area contributed by atoms with Crippen molar-refractivity contribution < 1.29 is 23.9 Å². The van der Waals surface area contributed by atoms with E-state index < -0.39 is 29.4 Å². The summed E-state index contributed by atoms with van der Waals surface area (Å²) in [7, 11) is 0. The second kappa shape index (κ2) is 9.09. The van der Waals surface area contributed by atoms with Gasteiger partial charge >= 0.3 is 12.2 Å². The maximum atomic E-state index is 12.8. The van der Waals surface area contributed by atoms with Crippen molar-refractivity contribution in [3.8, 4) is 0 Å². The maximum absolute atomic E-state index is 12.8. The molecule has 3 amide bonds. The third kappa shape index (κ3) is 8.92. The summed E-state index contributed by atoms with van der Waals surface area (Å²) in [5.41, 5.74) is -1.32. The fourth-order valence-corrected chi connectivity index (χ4v) is 2.48. The predicted octanol–water partition coefficient (Wildman–Crippen LogP) is 2.42. The standard InChI is InChI=1S/C18H33N3O5/c1-17(2,3)25-15(23)19-12-13(20-16(24)26-18(4,5)6)14(22)21-10-8-7-9-11-21/h13H,7-12H2,1-6H3,(H,19,23)(H,20,24)/t13-/m0/s1. The molecular formula is C18H33N3O5. The molecule has 1 rings (SSSR count). The summed E-state index contributed by atoms with van der Waals surface area (Å²) < 4.78 is 10.4. The first-order chi connectivity index (χ1) is 11.9. The van der Waals surface area contributed by atoms with Crippen molar-refractivity contribution in [1.82, 2.24) is 15.5 Å². The van der Waals surface area contributed by atoms with Gasteiger partial charge in [-0.3, -0.25) is 4.79 Å². The van der Waals surface area contributed by atoms with Crippen LogP contribution in [0.5, 0.6) is 0 Å². The minimum absolute atomic E-state index is 0.0660. The Kier molecular flexibility index (Phi) is 7.71. The summed E-state index contributed by atoms with van der Waals surface area (Å²) in [5, 5.41) is 5.11. The van der Waals surface area contributed by atoms with Gasteiger partial charge in [0.25, 0.3) is 0 Å². The quantitative estimate of drug-likeness (QED) is 0.791. The molecule has 0 aromatic carbocycles. The summed E-state index contributed by atoms with van der Waals surface area (Å²) in [6.07, 6.45) is 1.62. The van der Waals surface area contributed by atoms with Crippen molar-refractivity contribution in [2.24, 2.45) is 0 Å². The van der Waals surface area contributed by atoms with Gasteiger partial charge in [0.1, 0.15) is 17.2 Å². The van der Waals surface area contributed by atoms with E-state index in [-0.39, 0.29) is 12.5 Å². The number of hydrogen-bond donors (Lipinski definition) is 2. The molecule has 0 radical (unpaired) electrons. The fourth-order valence-electron chi connectivity index (χ4n) is 2.48. The van der Waals surface area contributed by atoms with E-state index in [1.54, 1.807) is 46.4 Å². The average Bonchev–Trinajstić information content (AvgIpc) is 2.48. The van der Waals surface area contributed by atoms with Crippen molar-refractivity contribution in [3.63, 3.8) is 0 Å². The van der Waals surface area contributed by atoms with Crippen LogP contribution >= 0.6 is 0 Å². The third-order valence-corrected chi connectivity index (χ3v) is 3.51. The molecule has 0 bridgehead atoms. The van der Waals surface area contributed by atoms with Gasteiger partial charge in [-0.25, -0.2) is 9.59 Å². The number of ether oxygens (including phenoxy) is 2. The van der Waals surface area contributed by atoms with E-state index in [0.717, 1.165) is 19.3 Å². The van der Waals surface area contributed by atoms with E-state index in [9.17, 15) is 14.4 Å². The Morgan fingerprint density at radius 2 is 1.38 bits per heavy atom. The van der Waals surface area contributed by atoms with Gasteiger partial charge in [-0.15, -0.1) is 0 Å². The number of carbonyl (C=O) groups excluding carboxylic acids is 3. The van der Waals surface area contributed by atoms with Gasteiger partial charge in [-0.05, 0) is 60.8 Å². The van der Waals surface area contributed by atoms with Gasteiger partial charge in [0.05, 0.1) is 6.54 Å². The van der Waals surface area contributed by atoms with E-state index in [1.165, 1.54) is 0 Å². The van der Waals surface area contributed by atoms with Crippen LogP contribution in [0.1, 0.15) is 60.8 Å². The van der Waals surface area contributed by atoms with E-state index in [0.29, 0.717) is 13.1 Å². The molecule has 1 aliphatic rings. The molecule has 1 fully saturated rings. The Morgan fingerprint density at radius 3 is 1.88 bits per heavy atom. The molecule has 1 atom stereocenters. The average molecular weight is 371 g/mol. The van der Waals surface area contributed by atoms with Crippen LogP contribution in [-0.4, -0.2) is 59.9 Å². The lowest BCUT2D eigenvalue weighted by molar-refractivity contribution is -0.134. The fraction of sp³-hybridized carbons (Fsp3) is 0.833. The zero-order valence-electron chi connectivity index (χ0n) is 16.8. The Hall–Kier alpha value is -1.99. The molecule has 1 aliphatic heterocycles. The largest absolute Gasteiger partial charge is 0.444 e. The van der Waals surface area contributed by atoms with Crippen molar-refractivity contribution in [2.45, 2.75) is 78.0 Å². The lowest BCUT2D eigenvalue weighted by atomic mass is 10.1. The zero-order chi connectivity index (χ0) is 20.0. The highest BCUT2D eigenvalue weighted by Gasteiger charge is 2.29. The molecule has 8 heteroatoms. The highest BCUT2D eigenvalue weighted by Crippen LogP contribution is 2.12. The summed E-state index contributed by atoms with van der Waals surface area (Å²) >= 11 is 0. The number of rotatable bonds is 4. The van der Waals surface area contributed by atoms with Crippen LogP contribution in [0.2, 0.25) is 0 Å². The van der Waals surface area contributed by atoms with Crippen molar-refractivity contribution in [2.75, 3.05) is 19.6 Å². The Balaban J connectivity index is 2.72. The third-order valence-electron chi connectivity index (χ3n) is 3.51. The van der Waals surface area contributed by atoms with Gasteiger partial charge < -0.3 is 25.0 Å². The summed E-state index contributed by atoms with van der Waals surface area (Å²) in [4.78, 5) is 38.4. The van der Waals surface area contributed by atoms with Gasteiger partial charge in [0.15, 0.2) is 0 Å². The van der Waals surface area contributed by atoms with Crippen LogP contribution in [-0.2, 0) is 14.3 Å². The van der Waals surface area contributed by atoms with Crippen LogP contribution in [0.3, 0.4) is 0 Å². The van der Waals surface area contributed by atoms with Gasteiger partial charge in [-0.2, -0.15) is 0 Å². The lowest BCUT2D eigenvalue weighted by Gasteiger charge is -2.31. The van der Waals surface area contributed by atoms with Gasteiger partial charge in [-0.1, -0.05) is 0 Å². The molecule has 0 aromatic heterocycles. The van der Waals surface area contributed by atoms with Crippen molar-refractivity contribution in [1.29, 1.82) is 0 Å². The van der Waals surface area contributed by atoms with Crippen LogP contribution in [0.4, 0.5) is 9.59 Å². The van der Waals surface area contributed by atoms with Crippen LogP contribution < -0.4 is 10.6 Å². The molecule has 8 nitrogen and oxygen atoms in total. The van der Waals surface area contributed by atoms with Crippen LogP contribution in [0, 0.1) is 0 Å². The van der Waals surface area contributed by atoms with Crippen LogP contribution in [0.15, 0.2) is 0 Å². The Labute approximate surface area is 156 Å². The molecule has 0 saturated carbocycles. The highest BCUT2D eigenvalue weighted by molar-refractivity contribution is 5.86. The van der Waals surface area contributed by atoms with Gasteiger partial charge in [0.2, 0.25) is 5.91 Å². The minimum Gasteiger partial charge on any atom is -0.444 e. The number of nitrogens with zero attached hydrogens (tertiary/aromatic N) is 1. The number of piperidine rings is 1. The van der Waals surface area contributed by atoms with Crippen molar-refractivity contribution in [3.05, 3.63) is 0 Å². The SMILES string of the molecule is CC(C)(C)OC(=O)NC[C@H](NC(=O)OC(C)(C)C)C(=O)N1CCCCC1. The first-order valence-electron chi connectivity index (χ1n) is 9.12. The topological polar surface area (TPSA) is 97.0 Å². The van der Waals surface area contributed by atoms with E-state index in [1.807, 2.05) is 0 Å². The lowest BCUT2D eigenvalue weighted by Crippen LogP contribution is -2.55. The molecule has 1 heterocycles. The Bertz CT molecular complexity index is 502. The number of alkyl carbamates (subject to hydrolysis) is 2. The normalized spacial score (nSPS) is 16.5. The molecular weight excluding hydrogens is 338 g/mol. The van der Waals surface area contributed by atoms with Crippen LogP contribution in [0.25, 0.3) is 0 Å². The van der Waals surface area contributed by atoms with E-state index in [4.69, 9.17) is 9.47 Å². The molecule has 2 N–H and O–H groups in total. The molecule has 0 unspecified atom stereocenters. The monoisotopic (exact) mass is 371 g/mol. The molecule has 0 spiro atoms. The second-order valence-corrected chi connectivity index (χ2v) is 8.47. The van der Waals surface area contributed by atoms with Gasteiger partial charge in [0, 0.05) is 13.1 Å². The first kappa shape index (κ1) is 22.1. The highest BCUT2D eigenvalue weighted by atomic mass is 16.6. The first-order valence-corrected chi connectivity index (χ1v) is 9.12.